The normalized spacial score (nSPS) is 27.2. The monoisotopic (exact) mass is 580 g/mol. The van der Waals surface area contributed by atoms with Crippen molar-refractivity contribution in [2.24, 2.45) is 0 Å². The van der Waals surface area contributed by atoms with Gasteiger partial charge in [0.2, 0.25) is 5.67 Å². The summed E-state index contributed by atoms with van der Waals surface area (Å²) in [5, 5.41) is 16.2. The summed E-state index contributed by atoms with van der Waals surface area (Å²) in [5.74, 6) is -1.05. The number of rotatable bonds is 8. The Morgan fingerprint density at radius 2 is 1.81 bits per heavy atom. The maximum absolute atomic E-state index is 15.7. The van der Waals surface area contributed by atoms with Crippen LogP contribution in [-0.4, -0.2) is 46.9 Å². The number of carboxylic acids is 1. The molecule has 0 bridgehead atoms. The molecule has 6 nitrogen and oxygen atoms in total. The van der Waals surface area contributed by atoms with Crippen LogP contribution in [0, 0.1) is 5.82 Å². The van der Waals surface area contributed by atoms with Gasteiger partial charge >= 0.3 is 5.97 Å². The van der Waals surface area contributed by atoms with Crippen LogP contribution in [0.2, 0.25) is 0 Å². The minimum atomic E-state index is -1.89. The molecule has 3 N–H and O–H groups in total. The maximum atomic E-state index is 15.7. The summed E-state index contributed by atoms with van der Waals surface area (Å²) in [6.45, 7) is 3.37. The van der Waals surface area contributed by atoms with Gasteiger partial charge in [-0.3, -0.25) is 9.59 Å². The van der Waals surface area contributed by atoms with Crippen LogP contribution in [0.15, 0.2) is 36.4 Å². The Hall–Kier alpha value is -3.00. The quantitative estimate of drug-likeness (QED) is 0.330. The Bertz CT molecular complexity index is 1370. The Kier molecular flexibility index (Phi) is 7.57. The average Bonchev–Trinajstić information content (AvgIpc) is 3.65. The van der Waals surface area contributed by atoms with E-state index in [0.717, 1.165) is 50.5 Å². The van der Waals surface area contributed by atoms with E-state index < -0.39 is 23.0 Å². The van der Waals surface area contributed by atoms with E-state index in [2.05, 4.69) is 10.6 Å². The van der Waals surface area contributed by atoms with Crippen molar-refractivity contribution in [3.05, 3.63) is 53.3 Å². The van der Waals surface area contributed by atoms with Gasteiger partial charge in [0.15, 0.2) is 0 Å². The Morgan fingerprint density at radius 3 is 2.50 bits per heavy atom. The molecule has 6 rings (SSSR count). The molecule has 1 saturated heterocycles. The summed E-state index contributed by atoms with van der Waals surface area (Å²) in [6.07, 6.45) is 8.80. The van der Waals surface area contributed by atoms with Crippen LogP contribution in [0.25, 0.3) is 11.1 Å². The van der Waals surface area contributed by atoms with Crippen molar-refractivity contribution >= 4 is 11.9 Å². The van der Waals surface area contributed by atoms with Crippen LogP contribution in [0.3, 0.4) is 0 Å². The first-order valence-corrected chi connectivity index (χ1v) is 15.6. The molecule has 1 heterocycles. The van der Waals surface area contributed by atoms with Crippen molar-refractivity contribution in [1.82, 2.24) is 10.6 Å². The van der Waals surface area contributed by atoms with Gasteiger partial charge in [0.25, 0.3) is 5.91 Å². The van der Waals surface area contributed by atoms with Crippen LogP contribution in [-0.2, 0) is 15.0 Å². The topological polar surface area (TPSA) is 87.7 Å². The maximum Gasteiger partial charge on any atom is 0.313 e. The van der Waals surface area contributed by atoms with Gasteiger partial charge in [0.05, 0.1) is 5.41 Å². The lowest BCUT2D eigenvalue weighted by molar-refractivity contribution is -0.142. The highest BCUT2D eigenvalue weighted by Gasteiger charge is 2.54. The first-order chi connectivity index (χ1) is 20.0. The molecular weight excluding hydrogens is 538 g/mol. The summed E-state index contributed by atoms with van der Waals surface area (Å²) in [5.41, 5.74) is -0.593. The second kappa shape index (κ2) is 10.9. The first-order valence-electron chi connectivity index (χ1n) is 15.6. The molecule has 42 heavy (non-hydrogen) atoms. The zero-order chi connectivity index (χ0) is 29.7. The van der Waals surface area contributed by atoms with Gasteiger partial charge in [0, 0.05) is 36.5 Å². The number of alkyl halides is 1. The van der Waals surface area contributed by atoms with Gasteiger partial charge < -0.3 is 20.5 Å². The van der Waals surface area contributed by atoms with Crippen molar-refractivity contribution < 1.29 is 28.2 Å². The number of benzene rings is 2. The van der Waals surface area contributed by atoms with Crippen molar-refractivity contribution in [3.63, 3.8) is 0 Å². The van der Waals surface area contributed by atoms with E-state index in [4.69, 9.17) is 4.74 Å². The van der Waals surface area contributed by atoms with Gasteiger partial charge in [-0.05, 0) is 93.2 Å². The second-order valence-electron chi connectivity index (χ2n) is 13.7. The van der Waals surface area contributed by atoms with E-state index in [9.17, 15) is 14.7 Å². The summed E-state index contributed by atoms with van der Waals surface area (Å²) in [6, 6.07) is 10.3. The molecule has 1 amide bonds. The molecule has 3 aliphatic carbocycles. The third-order valence-corrected chi connectivity index (χ3v) is 10.4. The molecule has 1 spiro atoms. The van der Waals surface area contributed by atoms with Gasteiger partial charge in [-0.15, -0.1) is 0 Å². The predicted octanol–water partition coefficient (Wildman–Crippen LogP) is 6.55. The lowest BCUT2D eigenvalue weighted by Crippen LogP contribution is -2.48. The number of carbonyl (C=O) groups is 2. The number of hydrogen-bond acceptors (Lipinski definition) is 4. The molecule has 226 valence electrons. The summed E-state index contributed by atoms with van der Waals surface area (Å²) < 4.78 is 37.5. The number of hydrogen-bond donors (Lipinski definition) is 3. The predicted molar refractivity (Wildman–Crippen MR) is 157 cm³/mol. The molecule has 0 radical (unpaired) electrons. The average molecular weight is 581 g/mol. The highest BCUT2D eigenvalue weighted by molar-refractivity contribution is 5.86. The number of nitrogens with one attached hydrogen (secondary N) is 2. The highest BCUT2D eigenvalue weighted by atomic mass is 19.1. The lowest BCUT2D eigenvalue weighted by Gasteiger charge is -2.30. The van der Waals surface area contributed by atoms with E-state index in [1.807, 2.05) is 12.1 Å². The van der Waals surface area contributed by atoms with Crippen LogP contribution in [0.4, 0.5) is 8.78 Å². The molecule has 2 aromatic carbocycles. The SMILES string of the molecule is CC(C)(C(=O)O)c1ccc(O[C@@H]2CC[C@@H](NC(=O)[C@@]3(F)CNC4(CCCC4)C3)C2)c(-c2cccc(F)c2C2CCC2)c1. The summed E-state index contributed by atoms with van der Waals surface area (Å²) in [4.78, 5) is 25.1. The lowest BCUT2D eigenvalue weighted by atomic mass is 9.76. The molecule has 4 aliphatic rings. The minimum absolute atomic E-state index is 0.0604. The van der Waals surface area contributed by atoms with Crippen LogP contribution >= 0.6 is 0 Å². The summed E-state index contributed by atoms with van der Waals surface area (Å²) >= 11 is 0. The van der Waals surface area contributed by atoms with E-state index in [0.29, 0.717) is 41.7 Å². The van der Waals surface area contributed by atoms with Crippen LogP contribution < -0.4 is 15.4 Å². The molecular formula is C34H42F2N2O4. The Labute approximate surface area is 246 Å². The van der Waals surface area contributed by atoms with Gasteiger partial charge in [-0.25, -0.2) is 8.78 Å². The number of carboxylic acid groups (broad SMARTS) is 1. The number of amides is 1. The van der Waals surface area contributed by atoms with Gasteiger partial charge in [-0.1, -0.05) is 37.5 Å². The standard InChI is InChI=1S/C34H42F2N2O4/c1-32(2,31(40)41)22-11-14-28(26(17-22)25-9-6-10-27(35)29(25)21-7-5-8-21)42-24-13-12-23(18-24)38-30(39)34(36)19-33(37-20-34)15-3-4-16-33/h6,9-11,14,17,21,23-24,37H,3-5,7-8,12-13,15-16,18-20H2,1-2H3,(H,38,39)(H,40,41)/t23-,24-,34+/m1/s1. The van der Waals surface area contributed by atoms with Gasteiger partial charge in [0.1, 0.15) is 17.7 Å². The first kappa shape index (κ1) is 29.1. The van der Waals surface area contributed by atoms with E-state index >= 15 is 8.78 Å². The van der Waals surface area contributed by atoms with Crippen molar-refractivity contribution in [1.29, 1.82) is 0 Å². The molecule has 2 aromatic rings. The zero-order valence-electron chi connectivity index (χ0n) is 24.6. The van der Waals surface area contributed by atoms with Crippen molar-refractivity contribution in [2.45, 2.75) is 119 Å². The van der Waals surface area contributed by atoms with E-state index in [-0.39, 0.29) is 42.4 Å². The zero-order valence-corrected chi connectivity index (χ0v) is 24.6. The molecule has 8 heteroatoms. The molecule has 1 aliphatic heterocycles. The number of halogens is 2. The number of carbonyl (C=O) groups excluding carboxylic acids is 1. The smallest absolute Gasteiger partial charge is 0.313 e. The van der Waals surface area contributed by atoms with E-state index in [1.54, 1.807) is 32.0 Å². The fourth-order valence-electron chi connectivity index (χ4n) is 7.47. The number of ether oxygens (including phenoxy) is 1. The fraction of sp³-hybridized carbons (Fsp3) is 0.588. The van der Waals surface area contributed by atoms with Crippen molar-refractivity contribution in [2.75, 3.05) is 6.54 Å². The molecule has 0 unspecified atom stereocenters. The molecule has 4 fully saturated rings. The molecule has 3 saturated carbocycles. The van der Waals surface area contributed by atoms with Crippen LogP contribution in [0.5, 0.6) is 5.75 Å². The summed E-state index contributed by atoms with van der Waals surface area (Å²) in [7, 11) is 0. The van der Waals surface area contributed by atoms with Crippen LogP contribution in [0.1, 0.15) is 102 Å². The van der Waals surface area contributed by atoms with Gasteiger partial charge in [-0.2, -0.15) is 0 Å². The number of aliphatic carboxylic acids is 1. The largest absolute Gasteiger partial charge is 0.490 e. The van der Waals surface area contributed by atoms with Crippen molar-refractivity contribution in [3.8, 4) is 16.9 Å². The highest BCUT2D eigenvalue weighted by Crippen LogP contribution is 2.46. The fourth-order valence-corrected chi connectivity index (χ4v) is 7.47. The third-order valence-electron chi connectivity index (χ3n) is 10.4. The minimum Gasteiger partial charge on any atom is -0.490 e. The van der Waals surface area contributed by atoms with E-state index in [1.165, 1.54) is 6.07 Å². The Morgan fingerprint density at radius 1 is 1.05 bits per heavy atom. The molecule has 3 atom stereocenters. The Balaban J connectivity index is 1.22. The third kappa shape index (κ3) is 5.31. The second-order valence-corrected chi connectivity index (χ2v) is 13.7. The molecule has 0 aromatic heterocycles.